The molecule has 2 aliphatic heterocycles. The summed E-state index contributed by atoms with van der Waals surface area (Å²) in [5, 5.41) is 7.88. The lowest BCUT2D eigenvalue weighted by Crippen LogP contribution is -2.26. The van der Waals surface area contributed by atoms with Gasteiger partial charge in [0.15, 0.2) is 0 Å². The molecule has 3 rings (SSSR count). The van der Waals surface area contributed by atoms with Gasteiger partial charge in [0, 0.05) is 26.7 Å². The fraction of sp³-hybridized carbons (Fsp3) is 0.750. The first-order valence-electron chi connectivity index (χ1n) is 6.15. The maximum atomic E-state index is 4.40. The van der Waals surface area contributed by atoms with Crippen LogP contribution in [-0.2, 0) is 13.6 Å². The lowest BCUT2D eigenvalue weighted by Gasteiger charge is -2.16. The number of aromatic nitrogens is 2. The molecule has 0 amide bonds. The lowest BCUT2D eigenvalue weighted by molar-refractivity contribution is 0.297. The molecule has 2 aliphatic rings. The fourth-order valence-corrected chi connectivity index (χ4v) is 3.12. The van der Waals surface area contributed by atoms with E-state index in [0.29, 0.717) is 0 Å². The molecule has 0 unspecified atom stereocenters. The van der Waals surface area contributed by atoms with Gasteiger partial charge in [-0.05, 0) is 37.9 Å². The molecular formula is C12H20N4. The summed E-state index contributed by atoms with van der Waals surface area (Å²) in [4.78, 5) is 2.58. The minimum atomic E-state index is 0.884. The molecule has 0 aliphatic carbocycles. The van der Waals surface area contributed by atoms with Crippen molar-refractivity contribution >= 4 is 0 Å². The lowest BCUT2D eigenvalue weighted by atomic mass is 10.0. The third-order valence-corrected chi connectivity index (χ3v) is 3.95. The molecule has 1 aromatic rings. The van der Waals surface area contributed by atoms with Gasteiger partial charge in [0.25, 0.3) is 0 Å². The molecule has 0 radical (unpaired) electrons. The van der Waals surface area contributed by atoms with Gasteiger partial charge >= 0.3 is 0 Å². The van der Waals surface area contributed by atoms with Crippen LogP contribution in [0.5, 0.6) is 0 Å². The first-order valence-corrected chi connectivity index (χ1v) is 6.15. The zero-order valence-corrected chi connectivity index (χ0v) is 10.1. The molecule has 4 nitrogen and oxygen atoms in total. The highest BCUT2D eigenvalue weighted by Gasteiger charge is 2.35. The molecule has 1 N–H and O–H groups in total. The molecule has 0 saturated carbocycles. The molecule has 88 valence electrons. The van der Waals surface area contributed by atoms with Crippen molar-refractivity contribution in [2.45, 2.75) is 13.5 Å². The minimum Gasteiger partial charge on any atom is -0.316 e. The Balaban J connectivity index is 1.66. The van der Waals surface area contributed by atoms with Crippen molar-refractivity contribution in [3.63, 3.8) is 0 Å². The van der Waals surface area contributed by atoms with Crippen molar-refractivity contribution in [3.05, 3.63) is 17.5 Å². The third kappa shape index (κ3) is 1.76. The van der Waals surface area contributed by atoms with Crippen molar-refractivity contribution in [2.75, 3.05) is 26.2 Å². The standard InChI is InChI=1S/C12H20N4/c1-9-3-12(15(2)14-9)8-16-6-10-4-13-5-11(10)7-16/h3,10-11,13H,4-8H2,1-2H3/t10-,11+. The summed E-state index contributed by atoms with van der Waals surface area (Å²) in [6.45, 7) is 8.05. The molecular weight excluding hydrogens is 200 g/mol. The van der Waals surface area contributed by atoms with E-state index in [-0.39, 0.29) is 0 Å². The minimum absolute atomic E-state index is 0.884. The molecule has 4 heteroatoms. The van der Waals surface area contributed by atoms with Crippen LogP contribution >= 0.6 is 0 Å². The number of fused-ring (bicyclic) bond motifs is 1. The highest BCUT2D eigenvalue weighted by Crippen LogP contribution is 2.27. The SMILES string of the molecule is Cc1cc(CN2C[C@H]3CNC[C@H]3C2)n(C)n1. The van der Waals surface area contributed by atoms with E-state index >= 15 is 0 Å². The summed E-state index contributed by atoms with van der Waals surface area (Å²) in [6.07, 6.45) is 0. The molecule has 0 spiro atoms. The molecule has 16 heavy (non-hydrogen) atoms. The van der Waals surface area contributed by atoms with Crippen LogP contribution in [0.25, 0.3) is 0 Å². The van der Waals surface area contributed by atoms with E-state index in [9.17, 15) is 0 Å². The maximum Gasteiger partial charge on any atom is 0.0597 e. The Bertz CT molecular complexity index is 372. The molecule has 2 atom stereocenters. The monoisotopic (exact) mass is 220 g/mol. The number of rotatable bonds is 2. The third-order valence-electron chi connectivity index (χ3n) is 3.95. The van der Waals surface area contributed by atoms with E-state index in [1.54, 1.807) is 0 Å². The van der Waals surface area contributed by atoms with Crippen LogP contribution in [0.3, 0.4) is 0 Å². The van der Waals surface area contributed by atoms with Crippen molar-refractivity contribution in [1.82, 2.24) is 20.0 Å². The topological polar surface area (TPSA) is 33.1 Å². The molecule has 2 fully saturated rings. The molecule has 1 aromatic heterocycles. The van der Waals surface area contributed by atoms with E-state index in [1.165, 1.54) is 31.9 Å². The van der Waals surface area contributed by atoms with E-state index in [0.717, 1.165) is 24.1 Å². The Morgan fingerprint density at radius 3 is 2.62 bits per heavy atom. The highest BCUT2D eigenvalue weighted by molar-refractivity contribution is 5.09. The second kappa shape index (κ2) is 3.86. The van der Waals surface area contributed by atoms with Gasteiger partial charge in [-0.1, -0.05) is 0 Å². The Kier molecular flexibility index (Phi) is 2.48. The summed E-state index contributed by atoms with van der Waals surface area (Å²) in [7, 11) is 2.04. The highest BCUT2D eigenvalue weighted by atomic mass is 15.3. The number of nitrogens with one attached hydrogen (secondary N) is 1. The Morgan fingerprint density at radius 1 is 1.38 bits per heavy atom. The van der Waals surface area contributed by atoms with Gasteiger partial charge in [-0.2, -0.15) is 5.10 Å². The number of hydrogen-bond acceptors (Lipinski definition) is 3. The largest absolute Gasteiger partial charge is 0.316 e. The molecule has 0 aromatic carbocycles. The predicted molar refractivity (Wildman–Crippen MR) is 63.1 cm³/mol. The average Bonchev–Trinajstić information content (AvgIpc) is 2.82. The Morgan fingerprint density at radius 2 is 2.06 bits per heavy atom. The summed E-state index contributed by atoms with van der Waals surface area (Å²) < 4.78 is 2.02. The zero-order valence-electron chi connectivity index (χ0n) is 10.1. The van der Waals surface area contributed by atoms with Crippen LogP contribution in [0, 0.1) is 18.8 Å². The van der Waals surface area contributed by atoms with Crippen LogP contribution < -0.4 is 5.32 Å². The van der Waals surface area contributed by atoms with E-state index in [4.69, 9.17) is 0 Å². The molecule has 3 heterocycles. The zero-order chi connectivity index (χ0) is 11.1. The van der Waals surface area contributed by atoms with Gasteiger partial charge in [-0.3, -0.25) is 9.58 Å². The summed E-state index contributed by atoms with van der Waals surface area (Å²) in [6, 6.07) is 2.20. The van der Waals surface area contributed by atoms with Crippen LogP contribution in [0.2, 0.25) is 0 Å². The summed E-state index contributed by atoms with van der Waals surface area (Å²) in [5.41, 5.74) is 2.46. The number of aryl methyl sites for hydroxylation is 2. The maximum absolute atomic E-state index is 4.40. The average molecular weight is 220 g/mol. The molecule has 0 bridgehead atoms. The van der Waals surface area contributed by atoms with E-state index in [2.05, 4.69) is 28.3 Å². The van der Waals surface area contributed by atoms with Crippen LogP contribution in [0.15, 0.2) is 6.07 Å². The number of nitrogens with zero attached hydrogens (tertiary/aromatic N) is 3. The van der Waals surface area contributed by atoms with Gasteiger partial charge < -0.3 is 5.32 Å². The number of hydrogen-bond donors (Lipinski definition) is 1. The van der Waals surface area contributed by atoms with E-state index < -0.39 is 0 Å². The summed E-state index contributed by atoms with van der Waals surface area (Å²) in [5.74, 6) is 1.77. The number of likely N-dealkylation sites (tertiary alicyclic amines) is 1. The second-order valence-electron chi connectivity index (χ2n) is 5.27. The Hall–Kier alpha value is -0.870. The van der Waals surface area contributed by atoms with E-state index in [1.807, 2.05) is 11.7 Å². The fourth-order valence-electron chi connectivity index (χ4n) is 3.12. The van der Waals surface area contributed by atoms with Crippen molar-refractivity contribution in [3.8, 4) is 0 Å². The van der Waals surface area contributed by atoms with Crippen LogP contribution in [0.1, 0.15) is 11.4 Å². The first-order chi connectivity index (χ1) is 7.72. The Labute approximate surface area is 96.6 Å². The van der Waals surface area contributed by atoms with Crippen molar-refractivity contribution < 1.29 is 0 Å². The van der Waals surface area contributed by atoms with Gasteiger partial charge in [-0.25, -0.2) is 0 Å². The van der Waals surface area contributed by atoms with Gasteiger partial charge in [0.1, 0.15) is 0 Å². The smallest absolute Gasteiger partial charge is 0.0597 e. The second-order valence-corrected chi connectivity index (χ2v) is 5.27. The van der Waals surface area contributed by atoms with Crippen LogP contribution in [-0.4, -0.2) is 40.9 Å². The van der Waals surface area contributed by atoms with Crippen molar-refractivity contribution in [1.29, 1.82) is 0 Å². The van der Waals surface area contributed by atoms with Crippen molar-refractivity contribution in [2.24, 2.45) is 18.9 Å². The van der Waals surface area contributed by atoms with Gasteiger partial charge in [-0.15, -0.1) is 0 Å². The van der Waals surface area contributed by atoms with Gasteiger partial charge in [0.2, 0.25) is 0 Å². The van der Waals surface area contributed by atoms with Crippen LogP contribution in [0.4, 0.5) is 0 Å². The quantitative estimate of drug-likeness (QED) is 0.782. The predicted octanol–water partition coefficient (Wildman–Crippen LogP) is 0.380. The molecule has 2 saturated heterocycles. The van der Waals surface area contributed by atoms with Gasteiger partial charge in [0.05, 0.1) is 11.4 Å². The normalized spacial score (nSPS) is 29.9. The first kappa shape index (κ1) is 10.3. The summed E-state index contributed by atoms with van der Waals surface area (Å²) >= 11 is 0.